The molecule has 0 fully saturated rings. The highest BCUT2D eigenvalue weighted by Gasteiger charge is 2.20. The summed E-state index contributed by atoms with van der Waals surface area (Å²) in [6.07, 6.45) is 4.80. The van der Waals surface area contributed by atoms with Crippen LogP contribution < -0.4 is 5.32 Å². The fourth-order valence-corrected chi connectivity index (χ4v) is 3.38. The molecule has 0 atom stereocenters. The van der Waals surface area contributed by atoms with Crippen molar-refractivity contribution in [1.29, 1.82) is 0 Å². The van der Waals surface area contributed by atoms with Crippen molar-refractivity contribution >= 4 is 22.5 Å². The molecule has 2 aromatic carbocycles. The fraction of sp³-hybridized carbons (Fsp3) is 0.174. The molecule has 3 aromatic rings. The van der Waals surface area contributed by atoms with Crippen molar-refractivity contribution < 1.29 is 4.74 Å². The van der Waals surface area contributed by atoms with E-state index in [1.54, 1.807) is 7.11 Å². The number of benzene rings is 2. The van der Waals surface area contributed by atoms with Crippen LogP contribution in [0.5, 0.6) is 0 Å². The highest BCUT2D eigenvalue weighted by atomic mass is 16.5. The Bertz CT molecular complexity index is 1060. The number of aromatic amines is 1. The number of rotatable bonds is 5. The first-order chi connectivity index (χ1) is 13.6. The van der Waals surface area contributed by atoms with E-state index in [1.807, 2.05) is 18.5 Å². The number of H-pyrrole nitrogens is 1. The van der Waals surface area contributed by atoms with E-state index in [9.17, 15) is 0 Å². The van der Waals surface area contributed by atoms with E-state index < -0.39 is 0 Å². The maximum absolute atomic E-state index is 5.46. The summed E-state index contributed by atoms with van der Waals surface area (Å²) >= 11 is 0. The van der Waals surface area contributed by atoms with E-state index in [0.717, 1.165) is 41.1 Å². The third-order valence-electron chi connectivity index (χ3n) is 4.83. The van der Waals surface area contributed by atoms with Crippen molar-refractivity contribution in [2.24, 2.45) is 4.99 Å². The van der Waals surface area contributed by atoms with Gasteiger partial charge >= 0.3 is 0 Å². The minimum atomic E-state index is 0.704. The highest BCUT2D eigenvalue weighted by molar-refractivity contribution is 5.96. The maximum Gasteiger partial charge on any atom is 0.208 e. The van der Waals surface area contributed by atoms with E-state index in [1.165, 1.54) is 5.56 Å². The van der Waals surface area contributed by atoms with Crippen LogP contribution in [0.1, 0.15) is 11.1 Å². The summed E-state index contributed by atoms with van der Waals surface area (Å²) in [5.74, 6) is 1.46. The van der Waals surface area contributed by atoms with Gasteiger partial charge in [-0.15, -0.1) is 0 Å². The number of hydrogen-bond donors (Lipinski definition) is 2. The van der Waals surface area contributed by atoms with Gasteiger partial charge in [0.2, 0.25) is 5.96 Å². The number of nitrogens with zero attached hydrogens (tertiary/aromatic N) is 2. The number of methoxy groups -OCH3 is 1. The second kappa shape index (κ2) is 7.64. The summed E-state index contributed by atoms with van der Waals surface area (Å²) < 4.78 is 5.46. The first kappa shape index (κ1) is 17.9. The van der Waals surface area contributed by atoms with E-state index in [4.69, 9.17) is 9.73 Å². The summed E-state index contributed by atoms with van der Waals surface area (Å²) in [4.78, 5) is 10.3. The molecule has 0 aliphatic carbocycles. The lowest BCUT2D eigenvalue weighted by atomic mass is 10.1. The number of aryl methyl sites for hydroxylation is 1. The lowest BCUT2D eigenvalue weighted by Crippen LogP contribution is -2.42. The Morgan fingerprint density at radius 2 is 1.96 bits per heavy atom. The van der Waals surface area contributed by atoms with E-state index in [0.29, 0.717) is 11.5 Å². The normalized spacial score (nSPS) is 15.6. The van der Waals surface area contributed by atoms with Gasteiger partial charge in [-0.05, 0) is 42.7 Å². The third-order valence-corrected chi connectivity index (χ3v) is 4.83. The zero-order valence-corrected chi connectivity index (χ0v) is 16.2. The predicted molar refractivity (Wildman–Crippen MR) is 114 cm³/mol. The molecule has 0 unspecified atom stereocenters. The molecular formula is C23H24N4O. The molecule has 1 aliphatic heterocycles. The van der Waals surface area contributed by atoms with Gasteiger partial charge in [-0.3, -0.25) is 0 Å². The van der Waals surface area contributed by atoms with Crippen molar-refractivity contribution in [1.82, 2.24) is 15.2 Å². The molecule has 0 bridgehead atoms. The van der Waals surface area contributed by atoms with Gasteiger partial charge in [0, 0.05) is 23.6 Å². The number of fused-ring (bicyclic) bond motifs is 1. The predicted octanol–water partition coefficient (Wildman–Crippen LogP) is 4.61. The van der Waals surface area contributed by atoms with Crippen LogP contribution in [0.3, 0.4) is 0 Å². The van der Waals surface area contributed by atoms with Gasteiger partial charge in [-0.1, -0.05) is 36.9 Å². The number of hydrogen-bond acceptors (Lipinski definition) is 2. The Morgan fingerprint density at radius 1 is 1.14 bits per heavy atom. The monoisotopic (exact) mass is 372 g/mol. The molecule has 2 N–H and O–H groups in total. The molecule has 1 aromatic heterocycles. The van der Waals surface area contributed by atoms with Crippen LogP contribution in [0.2, 0.25) is 0 Å². The first-order valence-electron chi connectivity index (χ1n) is 9.33. The molecule has 4 rings (SSSR count). The standard InChI is InChI=1S/C23H24N4O/c1-16-13-20-19(9-11-24-20)21(14-16)26-23-25-17(2)22(28-3)15-27(23)12-10-18-7-5-4-6-8-18/h4-9,11,13-15,24H,2,10,12H2,1,3H3,(H,25,26). The largest absolute Gasteiger partial charge is 0.493 e. The summed E-state index contributed by atoms with van der Waals surface area (Å²) in [6, 6.07) is 16.7. The highest BCUT2D eigenvalue weighted by Crippen LogP contribution is 2.28. The van der Waals surface area contributed by atoms with Gasteiger partial charge in [-0.25, -0.2) is 4.99 Å². The Morgan fingerprint density at radius 3 is 2.75 bits per heavy atom. The van der Waals surface area contributed by atoms with Crippen molar-refractivity contribution in [3.63, 3.8) is 0 Å². The van der Waals surface area contributed by atoms with E-state index in [-0.39, 0.29) is 0 Å². The Balaban J connectivity index is 1.69. The van der Waals surface area contributed by atoms with Gasteiger partial charge in [0.15, 0.2) is 5.76 Å². The Hall–Kier alpha value is -3.47. The minimum Gasteiger partial charge on any atom is -0.493 e. The van der Waals surface area contributed by atoms with Crippen LogP contribution in [-0.2, 0) is 11.2 Å². The maximum atomic E-state index is 5.46. The Kier molecular flexibility index (Phi) is 4.89. The third kappa shape index (κ3) is 3.64. The van der Waals surface area contributed by atoms with Crippen LogP contribution in [-0.4, -0.2) is 29.5 Å². The number of aliphatic imine (C=N–C) groups is 1. The van der Waals surface area contributed by atoms with Crippen molar-refractivity contribution in [3.8, 4) is 0 Å². The van der Waals surface area contributed by atoms with Crippen LogP contribution in [0, 0.1) is 6.92 Å². The van der Waals surface area contributed by atoms with E-state index in [2.05, 4.69) is 71.2 Å². The van der Waals surface area contributed by atoms with Crippen molar-refractivity contribution in [2.45, 2.75) is 13.3 Å². The smallest absolute Gasteiger partial charge is 0.208 e. The second-order valence-corrected chi connectivity index (χ2v) is 6.89. The van der Waals surface area contributed by atoms with E-state index >= 15 is 0 Å². The molecule has 28 heavy (non-hydrogen) atoms. The summed E-state index contributed by atoms with van der Waals surface area (Å²) in [7, 11) is 1.65. The van der Waals surface area contributed by atoms with Gasteiger partial charge in [-0.2, -0.15) is 0 Å². The molecule has 142 valence electrons. The molecule has 0 saturated carbocycles. The molecule has 1 aliphatic rings. The zero-order chi connectivity index (χ0) is 19.5. The molecule has 0 spiro atoms. The van der Waals surface area contributed by atoms with Gasteiger partial charge in [0.25, 0.3) is 0 Å². The van der Waals surface area contributed by atoms with Crippen molar-refractivity contribution in [3.05, 3.63) is 90.1 Å². The number of nitrogens with one attached hydrogen (secondary N) is 2. The average Bonchev–Trinajstić information content (AvgIpc) is 3.16. The lowest BCUT2D eigenvalue weighted by Gasteiger charge is -2.30. The molecule has 0 radical (unpaired) electrons. The summed E-state index contributed by atoms with van der Waals surface area (Å²) in [5, 5.41) is 4.40. The molecular weight excluding hydrogens is 348 g/mol. The first-order valence-corrected chi connectivity index (χ1v) is 9.33. The molecule has 5 nitrogen and oxygen atoms in total. The minimum absolute atomic E-state index is 0.704. The van der Waals surface area contributed by atoms with Crippen LogP contribution in [0.25, 0.3) is 10.9 Å². The summed E-state index contributed by atoms with van der Waals surface area (Å²) in [6.45, 7) is 6.92. The second-order valence-electron chi connectivity index (χ2n) is 6.89. The number of ether oxygens (including phenoxy) is 1. The molecule has 0 saturated heterocycles. The average molecular weight is 372 g/mol. The van der Waals surface area contributed by atoms with Crippen molar-refractivity contribution in [2.75, 3.05) is 13.7 Å². The summed E-state index contributed by atoms with van der Waals surface area (Å²) in [5.41, 5.74) is 5.15. The molecule has 0 amide bonds. The number of guanidine groups is 1. The molecule has 2 heterocycles. The van der Waals surface area contributed by atoms with Gasteiger partial charge < -0.3 is 19.9 Å². The number of aromatic nitrogens is 1. The quantitative estimate of drug-likeness (QED) is 0.687. The fourth-order valence-electron chi connectivity index (χ4n) is 3.38. The zero-order valence-electron chi connectivity index (χ0n) is 16.2. The van der Waals surface area contributed by atoms with Gasteiger partial charge in [0.1, 0.15) is 0 Å². The van der Waals surface area contributed by atoms with Crippen LogP contribution in [0.4, 0.5) is 5.69 Å². The Labute approximate surface area is 165 Å². The van der Waals surface area contributed by atoms with Crippen LogP contribution >= 0.6 is 0 Å². The lowest BCUT2D eigenvalue weighted by molar-refractivity contribution is 0.283. The topological polar surface area (TPSA) is 52.7 Å². The molecule has 5 heteroatoms. The SMILES string of the molecule is C=C1NC(=Nc2cc(C)cc3[nH]ccc23)N(CCc2ccccc2)C=C1OC. The van der Waals surface area contributed by atoms with Gasteiger partial charge in [0.05, 0.1) is 24.7 Å². The van der Waals surface area contributed by atoms with Crippen LogP contribution in [0.15, 0.2) is 84.0 Å².